The van der Waals surface area contributed by atoms with Crippen molar-refractivity contribution in [1.82, 2.24) is 0 Å². The third-order valence-corrected chi connectivity index (χ3v) is 6.14. The average molecular weight is 453 g/mol. The maximum atomic E-state index is 12.5. The van der Waals surface area contributed by atoms with Gasteiger partial charge in [0.25, 0.3) is 0 Å². The molecule has 6 heteroatoms. The summed E-state index contributed by atoms with van der Waals surface area (Å²) in [5.41, 5.74) is 3.22. The molecule has 33 heavy (non-hydrogen) atoms. The van der Waals surface area contributed by atoms with E-state index in [0.717, 1.165) is 16.7 Å². The molecule has 176 valence electrons. The van der Waals surface area contributed by atoms with E-state index >= 15 is 0 Å². The molecule has 0 heterocycles. The second-order valence-electron chi connectivity index (χ2n) is 8.58. The Morgan fingerprint density at radius 3 is 2.58 bits per heavy atom. The lowest BCUT2D eigenvalue weighted by molar-refractivity contribution is -0.121. The van der Waals surface area contributed by atoms with Crippen LogP contribution in [0.25, 0.3) is 0 Å². The zero-order valence-corrected chi connectivity index (χ0v) is 18.9. The van der Waals surface area contributed by atoms with Crippen LogP contribution in [0.2, 0.25) is 0 Å². The number of carbonyl (C=O) groups excluding carboxylic acids is 1. The van der Waals surface area contributed by atoms with Crippen LogP contribution in [0.5, 0.6) is 0 Å². The Morgan fingerprint density at radius 2 is 1.88 bits per heavy atom. The number of aryl methyl sites for hydroxylation is 1. The van der Waals surface area contributed by atoms with Crippen LogP contribution in [0.15, 0.2) is 60.7 Å². The molecule has 3 rings (SSSR count). The van der Waals surface area contributed by atoms with E-state index in [4.69, 9.17) is 9.84 Å². The van der Waals surface area contributed by atoms with Crippen LogP contribution in [0.1, 0.15) is 46.8 Å². The monoisotopic (exact) mass is 452 g/mol. The smallest absolute Gasteiger partial charge is 0.335 e. The number of carbonyl (C=O) groups is 2. The molecule has 0 spiro atoms. The molecule has 1 unspecified atom stereocenters. The third-order valence-electron chi connectivity index (χ3n) is 6.14. The van der Waals surface area contributed by atoms with Crippen LogP contribution in [-0.4, -0.2) is 45.9 Å². The summed E-state index contributed by atoms with van der Waals surface area (Å²) in [5.74, 6) is -1.61. The largest absolute Gasteiger partial charge is 0.478 e. The molecular weight excluding hydrogens is 420 g/mol. The number of hydrogen-bond acceptors (Lipinski definition) is 5. The summed E-state index contributed by atoms with van der Waals surface area (Å²) in [5, 5.41) is 29.9. The second-order valence-corrected chi connectivity index (χ2v) is 8.58. The van der Waals surface area contributed by atoms with Gasteiger partial charge in [-0.15, -0.1) is 0 Å². The average Bonchev–Trinajstić information content (AvgIpc) is 3.07. The van der Waals surface area contributed by atoms with E-state index < -0.39 is 18.2 Å². The van der Waals surface area contributed by atoms with Gasteiger partial charge in [0.2, 0.25) is 0 Å². The first-order valence-electron chi connectivity index (χ1n) is 11.4. The Morgan fingerprint density at radius 1 is 1.15 bits per heavy atom. The lowest BCUT2D eigenvalue weighted by atomic mass is 9.88. The molecule has 0 saturated heterocycles. The van der Waals surface area contributed by atoms with E-state index in [-0.39, 0.29) is 29.6 Å². The fourth-order valence-corrected chi connectivity index (χ4v) is 4.36. The first-order chi connectivity index (χ1) is 15.9. The Labute approximate surface area is 194 Å². The normalized spacial score (nSPS) is 21.5. The second kappa shape index (κ2) is 11.9. The first kappa shape index (κ1) is 24.8. The summed E-state index contributed by atoms with van der Waals surface area (Å²) in [7, 11) is 0. The number of ketones is 1. The number of benzene rings is 2. The lowest BCUT2D eigenvalue weighted by Crippen LogP contribution is -2.20. The van der Waals surface area contributed by atoms with Crippen molar-refractivity contribution in [2.24, 2.45) is 11.8 Å². The quantitative estimate of drug-likeness (QED) is 0.450. The number of Topliss-reactive ketones (excluding diaryl/α,β-unsaturated/α-hetero) is 1. The Balaban J connectivity index is 1.59. The molecular formula is C27H32O6. The van der Waals surface area contributed by atoms with Crippen LogP contribution in [-0.2, 0) is 29.0 Å². The van der Waals surface area contributed by atoms with E-state index in [1.807, 2.05) is 31.2 Å². The number of aliphatic hydroxyl groups excluding tert-OH is 2. The van der Waals surface area contributed by atoms with Gasteiger partial charge in [-0.3, -0.25) is 4.79 Å². The standard InChI is InChI=1S/C27H32O6/c1-2-33-17-20-5-3-4-19(14-20)15-22(28)11-13-24-23(25(29)16-26(24)30)12-8-18-6-9-21(10-7-18)27(31)32/h3-7,9-11,13-14,22-24,26,28,30H,2,8,12,15-17H2,1H3,(H,31,32)/t22?,23-,24-,26-/m1/s1. The summed E-state index contributed by atoms with van der Waals surface area (Å²) in [6.07, 6.45) is 3.71. The van der Waals surface area contributed by atoms with Crippen molar-refractivity contribution in [2.45, 2.75) is 51.4 Å². The van der Waals surface area contributed by atoms with E-state index in [1.54, 1.807) is 36.4 Å². The molecule has 1 fully saturated rings. The molecule has 4 atom stereocenters. The number of hydrogen-bond donors (Lipinski definition) is 3. The Bertz CT molecular complexity index is 965. The van der Waals surface area contributed by atoms with E-state index in [2.05, 4.69) is 0 Å². The van der Waals surface area contributed by atoms with Crippen molar-refractivity contribution >= 4 is 11.8 Å². The van der Waals surface area contributed by atoms with Gasteiger partial charge in [-0.1, -0.05) is 48.6 Å². The number of aromatic carboxylic acids is 1. The Kier molecular flexibility index (Phi) is 8.95. The molecule has 0 radical (unpaired) electrons. The molecule has 0 amide bonds. The molecule has 1 aliphatic carbocycles. The summed E-state index contributed by atoms with van der Waals surface area (Å²) >= 11 is 0. The number of aliphatic hydroxyl groups is 2. The van der Waals surface area contributed by atoms with Gasteiger partial charge in [-0.05, 0) is 48.6 Å². The molecule has 2 aromatic rings. The van der Waals surface area contributed by atoms with Crippen molar-refractivity contribution in [3.05, 3.63) is 82.9 Å². The van der Waals surface area contributed by atoms with Crippen LogP contribution >= 0.6 is 0 Å². The van der Waals surface area contributed by atoms with Gasteiger partial charge in [0, 0.05) is 31.3 Å². The summed E-state index contributed by atoms with van der Waals surface area (Å²) in [6.45, 7) is 3.13. The molecule has 1 saturated carbocycles. The van der Waals surface area contributed by atoms with Crippen LogP contribution in [0, 0.1) is 11.8 Å². The van der Waals surface area contributed by atoms with Gasteiger partial charge in [0.1, 0.15) is 5.78 Å². The fourth-order valence-electron chi connectivity index (χ4n) is 4.36. The van der Waals surface area contributed by atoms with Crippen molar-refractivity contribution in [3.63, 3.8) is 0 Å². The fraction of sp³-hybridized carbons (Fsp3) is 0.407. The van der Waals surface area contributed by atoms with Gasteiger partial charge in [-0.25, -0.2) is 4.79 Å². The highest BCUT2D eigenvalue weighted by Gasteiger charge is 2.39. The van der Waals surface area contributed by atoms with E-state index in [1.165, 1.54) is 0 Å². The van der Waals surface area contributed by atoms with Crippen molar-refractivity contribution in [2.75, 3.05) is 6.61 Å². The van der Waals surface area contributed by atoms with Crippen molar-refractivity contribution in [3.8, 4) is 0 Å². The highest BCUT2D eigenvalue weighted by molar-refractivity contribution is 5.87. The van der Waals surface area contributed by atoms with Gasteiger partial charge in [0.15, 0.2) is 0 Å². The van der Waals surface area contributed by atoms with Gasteiger partial charge >= 0.3 is 5.97 Å². The van der Waals surface area contributed by atoms with Crippen molar-refractivity contribution < 1.29 is 29.6 Å². The predicted octanol–water partition coefficient (Wildman–Crippen LogP) is 3.58. The van der Waals surface area contributed by atoms with Gasteiger partial charge < -0.3 is 20.1 Å². The van der Waals surface area contributed by atoms with Gasteiger partial charge in [-0.2, -0.15) is 0 Å². The van der Waals surface area contributed by atoms with Crippen LogP contribution < -0.4 is 0 Å². The number of rotatable bonds is 11. The van der Waals surface area contributed by atoms with Gasteiger partial charge in [0.05, 0.1) is 24.4 Å². The maximum Gasteiger partial charge on any atom is 0.335 e. The molecule has 1 aliphatic rings. The minimum atomic E-state index is -0.972. The van der Waals surface area contributed by atoms with Crippen molar-refractivity contribution in [1.29, 1.82) is 0 Å². The SMILES string of the molecule is CCOCc1cccc(CC(O)C=C[C@H]2[C@H](O)CC(=O)[C@@H]2CCc2ccc(C(=O)O)cc2)c1. The molecule has 0 aliphatic heterocycles. The van der Waals surface area contributed by atoms with Crippen LogP contribution in [0.3, 0.4) is 0 Å². The minimum absolute atomic E-state index is 0.0254. The highest BCUT2D eigenvalue weighted by atomic mass is 16.5. The molecule has 0 aromatic heterocycles. The topological polar surface area (TPSA) is 104 Å². The third kappa shape index (κ3) is 7.09. The lowest BCUT2D eigenvalue weighted by Gasteiger charge is -2.18. The number of carboxylic acids is 1. The first-order valence-corrected chi connectivity index (χ1v) is 11.4. The van der Waals surface area contributed by atoms with E-state index in [9.17, 15) is 19.8 Å². The Hall–Kier alpha value is -2.80. The van der Waals surface area contributed by atoms with Crippen LogP contribution in [0.4, 0.5) is 0 Å². The number of carboxylic acid groups (broad SMARTS) is 1. The minimum Gasteiger partial charge on any atom is -0.478 e. The maximum absolute atomic E-state index is 12.5. The zero-order valence-electron chi connectivity index (χ0n) is 18.9. The van der Waals surface area contributed by atoms with E-state index in [0.29, 0.717) is 32.5 Å². The zero-order chi connectivity index (χ0) is 23.8. The summed E-state index contributed by atoms with van der Waals surface area (Å²) in [4.78, 5) is 23.5. The summed E-state index contributed by atoms with van der Waals surface area (Å²) < 4.78 is 5.44. The predicted molar refractivity (Wildman–Crippen MR) is 125 cm³/mol. The molecule has 0 bridgehead atoms. The summed E-state index contributed by atoms with van der Waals surface area (Å²) in [6, 6.07) is 14.5. The molecule has 6 nitrogen and oxygen atoms in total. The molecule has 3 N–H and O–H groups in total. The molecule has 2 aromatic carbocycles. The highest BCUT2D eigenvalue weighted by Crippen LogP contribution is 2.34. The number of ether oxygens (including phenoxy) is 1.